The van der Waals surface area contributed by atoms with Crippen LogP contribution in [0.3, 0.4) is 0 Å². The van der Waals surface area contributed by atoms with Crippen LogP contribution in [0.25, 0.3) is 0 Å². The van der Waals surface area contributed by atoms with Crippen molar-refractivity contribution in [3.8, 4) is 0 Å². The van der Waals surface area contributed by atoms with Crippen molar-refractivity contribution in [2.45, 2.75) is 24.3 Å². The molecule has 0 spiro atoms. The maximum absolute atomic E-state index is 13.8. The molecule has 0 radical (unpaired) electrons. The number of sulfonamides is 1. The van der Waals surface area contributed by atoms with Gasteiger partial charge in [0.15, 0.2) is 5.69 Å². The van der Waals surface area contributed by atoms with Gasteiger partial charge in [0.2, 0.25) is 10.0 Å². The van der Waals surface area contributed by atoms with Crippen LogP contribution in [0.15, 0.2) is 88.3 Å². The molecule has 0 atom stereocenters. The van der Waals surface area contributed by atoms with E-state index in [0.29, 0.717) is 30.0 Å². The fourth-order valence-electron chi connectivity index (χ4n) is 4.34. The van der Waals surface area contributed by atoms with Gasteiger partial charge in [-0.2, -0.15) is 4.31 Å². The first-order valence-corrected chi connectivity index (χ1v) is 13.9. The number of para-hydroxylation sites is 1. The largest absolute Gasteiger partial charge is 0.360 e. The van der Waals surface area contributed by atoms with E-state index < -0.39 is 10.0 Å². The van der Waals surface area contributed by atoms with E-state index in [2.05, 4.69) is 5.16 Å². The number of benzene rings is 3. The molecule has 1 aromatic heterocycles. The molecule has 190 valence electrons. The van der Waals surface area contributed by atoms with Crippen LogP contribution in [0.4, 0.5) is 5.69 Å². The fourth-order valence-corrected chi connectivity index (χ4v) is 6.49. The topological polar surface area (TPSA) is 83.7 Å². The number of aromatic nitrogens is 1. The second kappa shape index (κ2) is 10.7. The predicted molar refractivity (Wildman–Crippen MR) is 143 cm³/mol. The summed E-state index contributed by atoms with van der Waals surface area (Å²) in [6.07, 6.45) is 0.914. The van der Waals surface area contributed by atoms with Crippen LogP contribution in [-0.2, 0) is 29.4 Å². The molecule has 2 heterocycles. The van der Waals surface area contributed by atoms with Gasteiger partial charge in [-0.1, -0.05) is 76.9 Å². The molecule has 7 nitrogen and oxygen atoms in total. The van der Waals surface area contributed by atoms with Gasteiger partial charge in [-0.15, -0.1) is 0 Å². The Morgan fingerprint density at radius 2 is 1.70 bits per heavy atom. The van der Waals surface area contributed by atoms with E-state index >= 15 is 0 Å². The summed E-state index contributed by atoms with van der Waals surface area (Å²) in [5.41, 5.74) is 2.36. The van der Waals surface area contributed by atoms with Crippen LogP contribution in [-0.4, -0.2) is 36.9 Å². The maximum Gasteiger partial charge on any atom is 0.280 e. The smallest absolute Gasteiger partial charge is 0.280 e. The van der Waals surface area contributed by atoms with E-state index in [1.807, 2.05) is 60.7 Å². The van der Waals surface area contributed by atoms with Gasteiger partial charge in [0.05, 0.1) is 5.02 Å². The van der Waals surface area contributed by atoms with Crippen LogP contribution >= 0.6 is 23.2 Å². The Labute approximate surface area is 225 Å². The molecule has 10 heteroatoms. The monoisotopic (exact) mass is 555 g/mol. The number of hydrogen-bond acceptors (Lipinski definition) is 5. The second-order valence-electron chi connectivity index (χ2n) is 8.62. The summed E-state index contributed by atoms with van der Waals surface area (Å²) in [5.74, 6) is 0.148. The third kappa shape index (κ3) is 5.29. The minimum absolute atomic E-state index is 0.0631. The first kappa shape index (κ1) is 25.5. The molecule has 1 aliphatic rings. The Bertz CT molecular complexity index is 1530. The molecule has 0 unspecified atom stereocenters. The Morgan fingerprint density at radius 3 is 2.43 bits per heavy atom. The third-order valence-corrected chi connectivity index (χ3v) is 8.85. The Morgan fingerprint density at radius 1 is 1.00 bits per heavy atom. The van der Waals surface area contributed by atoms with Crippen molar-refractivity contribution in [1.29, 1.82) is 0 Å². The quantitative estimate of drug-likeness (QED) is 0.295. The molecule has 5 rings (SSSR count). The van der Waals surface area contributed by atoms with E-state index in [4.69, 9.17) is 27.7 Å². The standard InChI is InChI=1S/C27H23Cl2N3O4S/c28-20-11-12-23(29)25(17-20)37(34,35)31-15-14-24-22(18-31)26(30-36-24)27(33)32(21-9-5-2-6-10-21)16-13-19-7-3-1-4-8-19/h1-12,17H,13-16,18H2. The van der Waals surface area contributed by atoms with Crippen LogP contribution in [0.2, 0.25) is 10.0 Å². The van der Waals surface area contributed by atoms with Crippen molar-refractivity contribution in [3.63, 3.8) is 0 Å². The maximum atomic E-state index is 13.8. The molecule has 0 saturated heterocycles. The number of rotatable bonds is 7. The number of nitrogens with zero attached hydrogens (tertiary/aromatic N) is 3. The summed E-state index contributed by atoms with van der Waals surface area (Å²) in [7, 11) is -3.97. The van der Waals surface area contributed by atoms with E-state index in [0.717, 1.165) is 5.56 Å². The minimum Gasteiger partial charge on any atom is -0.360 e. The molecule has 0 saturated carbocycles. The van der Waals surface area contributed by atoms with Gasteiger partial charge in [0, 0.05) is 42.3 Å². The molecule has 1 amide bonds. The van der Waals surface area contributed by atoms with E-state index in [1.165, 1.54) is 22.5 Å². The fraction of sp³-hybridized carbons (Fsp3) is 0.185. The highest BCUT2D eigenvalue weighted by Crippen LogP contribution is 2.32. The highest BCUT2D eigenvalue weighted by molar-refractivity contribution is 7.89. The molecular formula is C27H23Cl2N3O4S. The van der Waals surface area contributed by atoms with Crippen molar-refractivity contribution < 1.29 is 17.7 Å². The first-order chi connectivity index (χ1) is 17.8. The van der Waals surface area contributed by atoms with Gasteiger partial charge >= 0.3 is 0 Å². The molecule has 37 heavy (non-hydrogen) atoms. The lowest BCUT2D eigenvalue weighted by Crippen LogP contribution is -2.38. The number of anilines is 1. The molecule has 4 aromatic rings. The zero-order chi connectivity index (χ0) is 26.0. The zero-order valence-electron chi connectivity index (χ0n) is 19.7. The summed E-state index contributed by atoms with van der Waals surface area (Å²) in [6.45, 7) is 0.512. The molecule has 0 fully saturated rings. The van der Waals surface area contributed by atoms with Gasteiger partial charge < -0.3 is 9.42 Å². The van der Waals surface area contributed by atoms with Crippen molar-refractivity contribution in [2.75, 3.05) is 18.0 Å². The molecular weight excluding hydrogens is 533 g/mol. The summed E-state index contributed by atoms with van der Waals surface area (Å²) < 4.78 is 33.6. The molecule has 0 N–H and O–H groups in total. The Hall–Kier alpha value is -3.17. The van der Waals surface area contributed by atoms with Crippen LogP contribution < -0.4 is 4.90 Å². The number of fused-ring (bicyclic) bond motifs is 1. The van der Waals surface area contributed by atoms with Crippen LogP contribution in [0, 0.1) is 0 Å². The van der Waals surface area contributed by atoms with Crippen LogP contribution in [0.1, 0.15) is 27.4 Å². The molecule has 0 aliphatic carbocycles. The molecule has 1 aliphatic heterocycles. The highest BCUT2D eigenvalue weighted by atomic mass is 35.5. The number of carbonyl (C=O) groups excluding carboxylic acids is 1. The number of hydrogen-bond donors (Lipinski definition) is 0. The lowest BCUT2D eigenvalue weighted by molar-refractivity contribution is 0.0977. The second-order valence-corrected chi connectivity index (χ2v) is 11.4. The number of carbonyl (C=O) groups is 1. The van der Waals surface area contributed by atoms with Crippen molar-refractivity contribution in [2.24, 2.45) is 0 Å². The van der Waals surface area contributed by atoms with Crippen LogP contribution in [0.5, 0.6) is 0 Å². The Kier molecular flexibility index (Phi) is 7.35. The number of halogens is 2. The number of amides is 1. The van der Waals surface area contributed by atoms with E-state index in [-0.39, 0.29) is 46.1 Å². The van der Waals surface area contributed by atoms with E-state index in [1.54, 1.807) is 4.90 Å². The van der Waals surface area contributed by atoms with Gasteiger partial charge in [-0.05, 0) is 42.3 Å². The summed E-state index contributed by atoms with van der Waals surface area (Å²) in [5, 5.41) is 4.42. The summed E-state index contributed by atoms with van der Waals surface area (Å²) in [4.78, 5) is 15.4. The zero-order valence-corrected chi connectivity index (χ0v) is 22.0. The predicted octanol–water partition coefficient (Wildman–Crippen LogP) is 5.62. The molecule has 3 aromatic carbocycles. The lowest BCUT2D eigenvalue weighted by atomic mass is 10.1. The van der Waals surface area contributed by atoms with Gasteiger partial charge in [-0.3, -0.25) is 4.79 Å². The highest BCUT2D eigenvalue weighted by Gasteiger charge is 2.36. The average Bonchev–Trinajstić information content (AvgIpc) is 3.34. The summed E-state index contributed by atoms with van der Waals surface area (Å²) >= 11 is 12.2. The van der Waals surface area contributed by atoms with Crippen molar-refractivity contribution in [1.82, 2.24) is 9.46 Å². The SMILES string of the molecule is O=C(c1noc2c1CN(S(=O)(=O)c1cc(Cl)ccc1Cl)CC2)N(CCc1ccccc1)c1ccccc1. The van der Waals surface area contributed by atoms with E-state index in [9.17, 15) is 13.2 Å². The van der Waals surface area contributed by atoms with Crippen molar-refractivity contribution >= 4 is 44.8 Å². The third-order valence-electron chi connectivity index (χ3n) is 6.29. The average molecular weight is 556 g/mol. The van der Waals surface area contributed by atoms with Gasteiger partial charge in [0.1, 0.15) is 10.7 Å². The minimum atomic E-state index is -3.97. The normalized spacial score (nSPS) is 13.8. The Balaban J connectivity index is 1.45. The summed E-state index contributed by atoms with van der Waals surface area (Å²) in [6, 6.07) is 23.5. The van der Waals surface area contributed by atoms with Gasteiger partial charge in [0.25, 0.3) is 5.91 Å². The van der Waals surface area contributed by atoms with Gasteiger partial charge in [-0.25, -0.2) is 8.42 Å². The first-order valence-electron chi connectivity index (χ1n) is 11.7. The van der Waals surface area contributed by atoms with Crippen molar-refractivity contribution in [3.05, 3.63) is 111 Å². The molecule has 0 bridgehead atoms. The lowest BCUT2D eigenvalue weighted by Gasteiger charge is -2.27.